The number of aryl methyl sites for hydroxylation is 2. The van der Waals surface area contributed by atoms with Crippen LogP contribution in [0.4, 0.5) is 10.2 Å². The van der Waals surface area contributed by atoms with Crippen LogP contribution >= 0.6 is 11.6 Å². The number of hydrogen-bond acceptors (Lipinski definition) is 3. The molecule has 1 aromatic heterocycles. The molecule has 2 aromatic carbocycles. The van der Waals surface area contributed by atoms with Gasteiger partial charge in [-0.15, -0.1) is 0 Å². The van der Waals surface area contributed by atoms with Crippen LogP contribution in [0.25, 0.3) is 11.3 Å². The summed E-state index contributed by atoms with van der Waals surface area (Å²) in [6, 6.07) is 15.3. The quantitative estimate of drug-likeness (QED) is 0.642. The Balaban J connectivity index is 1.66. The fraction of sp³-hybridized carbons (Fsp3) is 0.238. The highest BCUT2D eigenvalue weighted by Crippen LogP contribution is 2.33. The Morgan fingerprint density at radius 1 is 1.12 bits per heavy atom. The van der Waals surface area contributed by atoms with Crippen LogP contribution in [0.2, 0.25) is 5.02 Å². The minimum atomic E-state index is -0.448. The molecule has 0 fully saturated rings. The van der Waals surface area contributed by atoms with Crippen molar-refractivity contribution in [2.24, 2.45) is 0 Å². The number of nitrogens with one attached hydrogen (secondary N) is 1. The third kappa shape index (κ3) is 3.42. The van der Waals surface area contributed by atoms with E-state index < -0.39 is 5.82 Å². The summed E-state index contributed by atoms with van der Waals surface area (Å²) in [5, 5.41) is 3.65. The van der Waals surface area contributed by atoms with E-state index in [0.29, 0.717) is 17.1 Å². The van der Waals surface area contributed by atoms with Crippen molar-refractivity contribution >= 4 is 17.4 Å². The summed E-state index contributed by atoms with van der Waals surface area (Å²) in [4.78, 5) is 8.98. The molecule has 0 amide bonds. The van der Waals surface area contributed by atoms with Gasteiger partial charge in [-0.25, -0.2) is 14.4 Å². The zero-order chi connectivity index (χ0) is 18.1. The first-order chi connectivity index (χ1) is 12.6. The molecule has 1 unspecified atom stereocenters. The van der Waals surface area contributed by atoms with Crippen LogP contribution in [0.1, 0.15) is 35.8 Å². The van der Waals surface area contributed by atoms with Crippen molar-refractivity contribution in [2.75, 3.05) is 5.32 Å². The number of aromatic nitrogens is 2. The molecule has 1 atom stereocenters. The number of fused-ring (bicyclic) bond motifs is 1. The van der Waals surface area contributed by atoms with Crippen LogP contribution in [0.15, 0.2) is 48.5 Å². The SMILES string of the molecule is Cc1nc(NC2CCCc3ccccc32)cc(-c2ccc(Cl)c(F)c2)n1. The van der Waals surface area contributed by atoms with E-state index in [9.17, 15) is 4.39 Å². The molecular weight excluding hydrogens is 349 g/mol. The molecule has 0 saturated carbocycles. The zero-order valence-corrected chi connectivity index (χ0v) is 15.2. The predicted octanol–water partition coefficient (Wildman–Crippen LogP) is 5.73. The maximum Gasteiger partial charge on any atom is 0.142 e. The van der Waals surface area contributed by atoms with Gasteiger partial charge in [-0.05, 0) is 49.4 Å². The lowest BCUT2D eigenvalue weighted by Crippen LogP contribution is -2.18. The molecule has 1 heterocycles. The Morgan fingerprint density at radius 2 is 1.96 bits per heavy atom. The predicted molar refractivity (Wildman–Crippen MR) is 103 cm³/mol. The van der Waals surface area contributed by atoms with E-state index in [1.807, 2.05) is 13.0 Å². The van der Waals surface area contributed by atoms with Gasteiger partial charge >= 0.3 is 0 Å². The van der Waals surface area contributed by atoms with E-state index in [4.69, 9.17) is 11.6 Å². The molecule has 0 saturated heterocycles. The summed E-state index contributed by atoms with van der Waals surface area (Å²) in [5.74, 6) is 0.949. The number of halogens is 2. The lowest BCUT2D eigenvalue weighted by molar-refractivity contribution is 0.598. The molecule has 3 aromatic rings. The van der Waals surface area contributed by atoms with Crippen molar-refractivity contribution in [3.05, 3.63) is 76.3 Å². The molecule has 132 valence electrons. The summed E-state index contributed by atoms with van der Waals surface area (Å²) in [7, 11) is 0. The van der Waals surface area contributed by atoms with E-state index >= 15 is 0 Å². The molecule has 0 radical (unpaired) electrons. The Bertz CT molecular complexity index is 958. The van der Waals surface area contributed by atoms with E-state index in [1.54, 1.807) is 12.1 Å². The van der Waals surface area contributed by atoms with Gasteiger partial charge in [0.25, 0.3) is 0 Å². The minimum absolute atomic E-state index is 0.108. The first-order valence-electron chi connectivity index (χ1n) is 8.75. The molecule has 4 rings (SSSR count). The van der Waals surface area contributed by atoms with Crippen molar-refractivity contribution in [3.63, 3.8) is 0 Å². The molecule has 5 heteroatoms. The summed E-state index contributed by atoms with van der Waals surface area (Å²) >= 11 is 5.79. The monoisotopic (exact) mass is 367 g/mol. The second kappa shape index (κ2) is 7.04. The Labute approximate surface area is 157 Å². The fourth-order valence-corrected chi connectivity index (χ4v) is 3.64. The molecule has 0 aliphatic heterocycles. The maximum atomic E-state index is 13.8. The smallest absolute Gasteiger partial charge is 0.142 e. The van der Waals surface area contributed by atoms with Crippen LogP contribution in [-0.2, 0) is 6.42 Å². The highest BCUT2D eigenvalue weighted by molar-refractivity contribution is 6.30. The third-order valence-electron chi connectivity index (χ3n) is 4.74. The first kappa shape index (κ1) is 17.0. The molecule has 1 aliphatic rings. The van der Waals surface area contributed by atoms with Gasteiger partial charge in [0.15, 0.2) is 0 Å². The fourth-order valence-electron chi connectivity index (χ4n) is 3.53. The Hall–Kier alpha value is -2.46. The molecule has 3 nitrogen and oxygen atoms in total. The molecular formula is C21H19ClFN3. The minimum Gasteiger partial charge on any atom is -0.363 e. The topological polar surface area (TPSA) is 37.8 Å². The zero-order valence-electron chi connectivity index (χ0n) is 14.5. The molecule has 0 bridgehead atoms. The molecule has 1 aliphatic carbocycles. The Morgan fingerprint density at radius 3 is 2.81 bits per heavy atom. The normalized spacial score (nSPS) is 16.2. The van der Waals surface area contributed by atoms with E-state index in [0.717, 1.165) is 25.1 Å². The maximum absolute atomic E-state index is 13.8. The lowest BCUT2D eigenvalue weighted by atomic mass is 9.88. The van der Waals surface area contributed by atoms with Gasteiger partial charge in [0, 0.05) is 11.6 Å². The van der Waals surface area contributed by atoms with Crippen LogP contribution in [-0.4, -0.2) is 9.97 Å². The van der Waals surface area contributed by atoms with Gasteiger partial charge < -0.3 is 5.32 Å². The van der Waals surface area contributed by atoms with Gasteiger partial charge in [-0.1, -0.05) is 41.9 Å². The highest BCUT2D eigenvalue weighted by Gasteiger charge is 2.20. The van der Waals surface area contributed by atoms with Crippen molar-refractivity contribution in [1.29, 1.82) is 0 Å². The van der Waals surface area contributed by atoms with Crippen LogP contribution < -0.4 is 5.32 Å². The van der Waals surface area contributed by atoms with Crippen molar-refractivity contribution in [1.82, 2.24) is 9.97 Å². The number of anilines is 1. The van der Waals surface area contributed by atoms with Gasteiger partial charge in [-0.3, -0.25) is 0 Å². The van der Waals surface area contributed by atoms with Crippen molar-refractivity contribution < 1.29 is 4.39 Å². The summed E-state index contributed by atoms with van der Waals surface area (Å²) < 4.78 is 13.8. The van der Waals surface area contributed by atoms with Gasteiger partial charge in [0.2, 0.25) is 0 Å². The summed E-state index contributed by atoms with van der Waals surface area (Å²) in [6.45, 7) is 1.84. The van der Waals surface area contributed by atoms with E-state index in [-0.39, 0.29) is 11.1 Å². The number of rotatable bonds is 3. The Kier molecular flexibility index (Phi) is 4.60. The van der Waals surface area contributed by atoms with Crippen molar-refractivity contribution in [3.8, 4) is 11.3 Å². The van der Waals surface area contributed by atoms with Gasteiger partial charge in [0.05, 0.1) is 16.8 Å². The molecule has 0 spiro atoms. The number of hydrogen-bond donors (Lipinski definition) is 1. The summed E-state index contributed by atoms with van der Waals surface area (Å²) in [5.41, 5.74) is 4.08. The first-order valence-corrected chi connectivity index (χ1v) is 9.13. The number of benzene rings is 2. The average molecular weight is 368 g/mol. The number of nitrogens with zero attached hydrogens (tertiary/aromatic N) is 2. The van der Waals surface area contributed by atoms with E-state index in [1.165, 1.54) is 17.2 Å². The van der Waals surface area contributed by atoms with Crippen LogP contribution in [0.3, 0.4) is 0 Å². The van der Waals surface area contributed by atoms with E-state index in [2.05, 4.69) is 39.6 Å². The molecule has 26 heavy (non-hydrogen) atoms. The second-order valence-corrected chi connectivity index (χ2v) is 7.01. The van der Waals surface area contributed by atoms with Gasteiger partial charge in [0.1, 0.15) is 17.5 Å². The summed E-state index contributed by atoms with van der Waals surface area (Å²) in [6.07, 6.45) is 3.32. The standard InChI is InChI=1S/C21H19ClFN3/c1-13-24-20(15-9-10-17(22)18(23)11-15)12-21(25-13)26-19-8-4-6-14-5-2-3-7-16(14)19/h2-3,5,7,9-12,19H,4,6,8H2,1H3,(H,24,25,26). The largest absolute Gasteiger partial charge is 0.363 e. The van der Waals surface area contributed by atoms with Crippen molar-refractivity contribution in [2.45, 2.75) is 32.2 Å². The third-order valence-corrected chi connectivity index (χ3v) is 5.05. The lowest BCUT2D eigenvalue weighted by Gasteiger charge is -2.27. The van der Waals surface area contributed by atoms with Gasteiger partial charge in [-0.2, -0.15) is 0 Å². The highest BCUT2D eigenvalue weighted by atomic mass is 35.5. The van der Waals surface area contributed by atoms with Crippen LogP contribution in [0, 0.1) is 12.7 Å². The average Bonchev–Trinajstić information content (AvgIpc) is 2.64. The second-order valence-electron chi connectivity index (χ2n) is 6.60. The van der Waals surface area contributed by atoms with Crippen LogP contribution in [0.5, 0.6) is 0 Å². The molecule has 1 N–H and O–H groups in total.